The van der Waals surface area contributed by atoms with Crippen molar-refractivity contribution < 1.29 is 22.8 Å². The van der Waals surface area contributed by atoms with Crippen LogP contribution in [0.2, 0.25) is 5.02 Å². The maximum atomic E-state index is 13.0. The van der Waals surface area contributed by atoms with Gasteiger partial charge in [0.2, 0.25) is 0 Å². The van der Waals surface area contributed by atoms with Crippen molar-refractivity contribution in [3.8, 4) is 11.1 Å². The molecule has 0 radical (unpaired) electrons. The highest BCUT2D eigenvalue weighted by Crippen LogP contribution is 2.38. The number of thioether (sulfide) groups is 1. The van der Waals surface area contributed by atoms with Crippen molar-refractivity contribution in [2.24, 2.45) is 0 Å². The van der Waals surface area contributed by atoms with E-state index in [9.17, 15) is 22.8 Å². The van der Waals surface area contributed by atoms with Gasteiger partial charge < -0.3 is 4.90 Å². The molecular formula is C22H15ClF3N3O2S. The molecule has 0 aliphatic carbocycles. The minimum Gasteiger partial charge on any atom is -0.310 e. The third-order valence-corrected chi connectivity index (χ3v) is 5.87. The van der Waals surface area contributed by atoms with Gasteiger partial charge in [-0.25, -0.2) is 9.69 Å². The van der Waals surface area contributed by atoms with Crippen molar-refractivity contribution in [1.82, 2.24) is 9.88 Å². The summed E-state index contributed by atoms with van der Waals surface area (Å²) in [6, 6.07) is 13.6. The quantitative estimate of drug-likeness (QED) is 0.335. The number of carbonyl (C=O) groups is 2. The number of aromatic nitrogens is 1. The van der Waals surface area contributed by atoms with Gasteiger partial charge in [-0.15, -0.1) is 0 Å². The molecule has 3 aromatic rings. The SMILES string of the molecule is O=C1CN(Cc2ccncc2-c2ccccc2Cl)C(=O)N1c1ccc(SC(F)(F)F)cc1. The van der Waals surface area contributed by atoms with Crippen LogP contribution in [0.5, 0.6) is 0 Å². The largest absolute Gasteiger partial charge is 0.446 e. The third kappa shape index (κ3) is 4.73. The predicted molar refractivity (Wildman–Crippen MR) is 116 cm³/mol. The highest BCUT2D eigenvalue weighted by molar-refractivity contribution is 8.00. The molecule has 0 spiro atoms. The zero-order chi connectivity index (χ0) is 22.9. The summed E-state index contributed by atoms with van der Waals surface area (Å²) in [6.07, 6.45) is 3.24. The van der Waals surface area contributed by atoms with Crippen molar-refractivity contribution in [1.29, 1.82) is 0 Å². The number of hydrogen-bond donors (Lipinski definition) is 0. The molecule has 32 heavy (non-hydrogen) atoms. The standard InChI is InChI=1S/C22H15ClF3N3O2S/c23-19-4-2-1-3-17(19)18-11-27-10-9-14(18)12-28-13-20(30)29(21(28)31)15-5-7-16(8-6-15)32-22(24,25)26/h1-11H,12-13H2. The minimum atomic E-state index is -4.42. The first kappa shape index (κ1) is 22.2. The fraction of sp³-hybridized carbons (Fsp3) is 0.136. The summed E-state index contributed by atoms with van der Waals surface area (Å²) in [7, 11) is 0. The number of alkyl halides is 3. The molecule has 1 saturated heterocycles. The number of hydrogen-bond acceptors (Lipinski definition) is 4. The van der Waals surface area contributed by atoms with Gasteiger partial charge in [0, 0.05) is 40.0 Å². The average molecular weight is 478 g/mol. The summed E-state index contributed by atoms with van der Waals surface area (Å²) in [5, 5.41) is 0.531. The van der Waals surface area contributed by atoms with Gasteiger partial charge in [-0.3, -0.25) is 9.78 Å². The number of anilines is 1. The van der Waals surface area contributed by atoms with Gasteiger partial charge in [-0.1, -0.05) is 29.8 Å². The number of halogens is 4. The first-order valence-electron chi connectivity index (χ1n) is 9.38. The van der Waals surface area contributed by atoms with E-state index in [-0.39, 0.29) is 35.4 Å². The van der Waals surface area contributed by atoms with Crippen LogP contribution in [-0.4, -0.2) is 33.9 Å². The minimum absolute atomic E-state index is 0.0293. The maximum Gasteiger partial charge on any atom is 0.446 e. The molecule has 0 bridgehead atoms. The van der Waals surface area contributed by atoms with Crippen molar-refractivity contribution >= 4 is 41.0 Å². The molecule has 5 nitrogen and oxygen atoms in total. The van der Waals surface area contributed by atoms with E-state index >= 15 is 0 Å². The smallest absolute Gasteiger partial charge is 0.310 e. The predicted octanol–water partition coefficient (Wildman–Crippen LogP) is 5.98. The Hall–Kier alpha value is -3.04. The van der Waals surface area contributed by atoms with E-state index in [0.717, 1.165) is 21.6 Å². The van der Waals surface area contributed by atoms with Gasteiger partial charge in [0.25, 0.3) is 5.91 Å². The van der Waals surface area contributed by atoms with Crippen LogP contribution in [0.1, 0.15) is 5.56 Å². The molecule has 2 heterocycles. The Morgan fingerprint density at radius 3 is 2.41 bits per heavy atom. The van der Waals surface area contributed by atoms with Crippen molar-refractivity contribution in [3.05, 3.63) is 77.6 Å². The molecule has 0 saturated carbocycles. The van der Waals surface area contributed by atoms with E-state index in [1.54, 1.807) is 30.6 Å². The van der Waals surface area contributed by atoms with Crippen LogP contribution in [0.4, 0.5) is 23.7 Å². The first-order valence-corrected chi connectivity index (χ1v) is 10.6. The Kier molecular flexibility index (Phi) is 6.12. The molecule has 0 N–H and O–H groups in total. The van der Waals surface area contributed by atoms with Gasteiger partial charge >= 0.3 is 11.5 Å². The lowest BCUT2D eigenvalue weighted by Crippen LogP contribution is -2.32. The second kappa shape index (κ2) is 8.84. The number of urea groups is 1. The third-order valence-electron chi connectivity index (χ3n) is 4.80. The lowest BCUT2D eigenvalue weighted by molar-refractivity contribution is -0.116. The van der Waals surface area contributed by atoms with Crippen molar-refractivity contribution in [3.63, 3.8) is 0 Å². The monoisotopic (exact) mass is 477 g/mol. The second-order valence-corrected chi connectivity index (χ2v) is 8.47. The molecular weight excluding hydrogens is 463 g/mol. The summed E-state index contributed by atoms with van der Waals surface area (Å²) in [6.45, 7) is -0.00563. The second-order valence-electron chi connectivity index (χ2n) is 6.92. The summed E-state index contributed by atoms with van der Waals surface area (Å²) in [5.74, 6) is -0.459. The number of imide groups is 1. The van der Waals surface area contributed by atoms with Crippen LogP contribution in [0.15, 0.2) is 71.9 Å². The first-order chi connectivity index (χ1) is 15.2. The molecule has 1 aromatic heterocycles. The van der Waals surface area contributed by atoms with Crippen LogP contribution in [0, 0.1) is 0 Å². The number of benzene rings is 2. The van der Waals surface area contributed by atoms with E-state index in [2.05, 4.69) is 4.98 Å². The van der Waals surface area contributed by atoms with Crippen LogP contribution in [0.3, 0.4) is 0 Å². The summed E-state index contributed by atoms with van der Waals surface area (Å²) in [4.78, 5) is 32.0. The van der Waals surface area contributed by atoms with E-state index < -0.39 is 17.4 Å². The summed E-state index contributed by atoms with van der Waals surface area (Å²) in [5.41, 5.74) is -1.94. The molecule has 164 valence electrons. The van der Waals surface area contributed by atoms with E-state index in [1.165, 1.54) is 29.2 Å². The number of rotatable bonds is 5. The van der Waals surface area contributed by atoms with Crippen LogP contribution in [-0.2, 0) is 11.3 Å². The van der Waals surface area contributed by atoms with Crippen LogP contribution < -0.4 is 4.90 Å². The molecule has 1 aliphatic rings. The molecule has 0 atom stereocenters. The molecule has 1 fully saturated rings. The molecule has 3 amide bonds. The fourth-order valence-corrected chi connectivity index (χ4v) is 4.19. The van der Waals surface area contributed by atoms with Gasteiger partial charge in [0.15, 0.2) is 0 Å². The van der Waals surface area contributed by atoms with Crippen LogP contribution >= 0.6 is 23.4 Å². The molecule has 0 unspecified atom stereocenters. The average Bonchev–Trinajstić information content (AvgIpc) is 3.01. The van der Waals surface area contributed by atoms with E-state index in [0.29, 0.717) is 5.02 Å². The number of nitrogens with zero attached hydrogens (tertiary/aromatic N) is 3. The summed E-state index contributed by atoms with van der Waals surface area (Å²) < 4.78 is 37.6. The number of carbonyl (C=O) groups excluding carboxylic acids is 2. The molecule has 1 aliphatic heterocycles. The van der Waals surface area contributed by atoms with E-state index in [4.69, 9.17) is 11.6 Å². The highest BCUT2D eigenvalue weighted by Gasteiger charge is 2.37. The Morgan fingerprint density at radius 1 is 1.00 bits per heavy atom. The van der Waals surface area contributed by atoms with Crippen molar-refractivity contribution in [2.75, 3.05) is 11.4 Å². The Balaban J connectivity index is 1.55. The van der Waals surface area contributed by atoms with Gasteiger partial charge in [0.1, 0.15) is 6.54 Å². The fourth-order valence-electron chi connectivity index (χ4n) is 3.41. The van der Waals surface area contributed by atoms with Crippen molar-refractivity contribution in [2.45, 2.75) is 16.9 Å². The molecule has 10 heteroatoms. The zero-order valence-corrected chi connectivity index (χ0v) is 17.9. The lowest BCUT2D eigenvalue weighted by Gasteiger charge is -2.19. The lowest BCUT2D eigenvalue weighted by atomic mass is 10.0. The Labute approximate surface area is 190 Å². The zero-order valence-electron chi connectivity index (χ0n) is 16.3. The van der Waals surface area contributed by atoms with Gasteiger partial charge in [0.05, 0.1) is 5.69 Å². The van der Waals surface area contributed by atoms with Gasteiger partial charge in [-0.05, 0) is 53.7 Å². The van der Waals surface area contributed by atoms with Crippen LogP contribution in [0.25, 0.3) is 11.1 Å². The number of pyridine rings is 1. The van der Waals surface area contributed by atoms with E-state index in [1.807, 2.05) is 12.1 Å². The topological polar surface area (TPSA) is 53.5 Å². The Bertz CT molecular complexity index is 1170. The normalized spacial score (nSPS) is 14.4. The highest BCUT2D eigenvalue weighted by atomic mass is 35.5. The van der Waals surface area contributed by atoms with Gasteiger partial charge in [-0.2, -0.15) is 13.2 Å². The molecule has 4 rings (SSSR count). The molecule has 2 aromatic carbocycles. The summed E-state index contributed by atoms with van der Waals surface area (Å²) >= 11 is 6.05. The Morgan fingerprint density at radius 2 is 1.72 bits per heavy atom. The number of amides is 3. The maximum absolute atomic E-state index is 13.0.